The average molecular weight is 391 g/mol. The minimum Gasteiger partial charge on any atom is -0.497 e. The molecule has 150 valence electrons. The van der Waals surface area contributed by atoms with Gasteiger partial charge in [0.25, 0.3) is 5.56 Å². The summed E-state index contributed by atoms with van der Waals surface area (Å²) >= 11 is 0. The number of rotatable bonds is 7. The lowest BCUT2D eigenvalue weighted by atomic mass is 9.95. The van der Waals surface area contributed by atoms with Crippen LogP contribution in [-0.4, -0.2) is 24.3 Å². The molecule has 2 aromatic carbocycles. The Balaban J connectivity index is 2.15. The fourth-order valence-corrected chi connectivity index (χ4v) is 3.26. The van der Waals surface area contributed by atoms with Gasteiger partial charge in [-0.25, -0.2) is 4.79 Å². The number of aromatic nitrogens is 1. The maximum Gasteiger partial charge on any atom is 0.330 e. The third kappa shape index (κ3) is 4.40. The number of methoxy groups -OCH3 is 1. The van der Waals surface area contributed by atoms with Crippen molar-refractivity contribution in [2.75, 3.05) is 13.7 Å². The van der Waals surface area contributed by atoms with Gasteiger partial charge in [-0.3, -0.25) is 4.79 Å². The third-order valence-corrected chi connectivity index (χ3v) is 4.85. The van der Waals surface area contributed by atoms with E-state index in [0.717, 1.165) is 40.6 Å². The molecule has 3 aromatic rings. The Morgan fingerprint density at radius 2 is 1.83 bits per heavy atom. The molecule has 3 rings (SSSR count). The summed E-state index contributed by atoms with van der Waals surface area (Å²) in [5.74, 6) is 0.285. The van der Waals surface area contributed by atoms with E-state index < -0.39 is 5.97 Å². The number of benzene rings is 2. The van der Waals surface area contributed by atoms with Crippen molar-refractivity contribution < 1.29 is 14.3 Å². The monoisotopic (exact) mass is 391 g/mol. The Morgan fingerprint density at radius 1 is 1.10 bits per heavy atom. The van der Waals surface area contributed by atoms with E-state index in [1.807, 2.05) is 55.5 Å². The Kier molecular flexibility index (Phi) is 6.50. The Hall–Kier alpha value is -3.34. The fourth-order valence-electron chi connectivity index (χ4n) is 3.26. The number of ether oxygens (including phenoxy) is 2. The normalized spacial score (nSPS) is 11.1. The lowest BCUT2D eigenvalue weighted by molar-refractivity contribution is -0.137. The van der Waals surface area contributed by atoms with Gasteiger partial charge >= 0.3 is 5.97 Å². The summed E-state index contributed by atoms with van der Waals surface area (Å²) < 4.78 is 12.0. The quantitative estimate of drug-likeness (QED) is 0.336. The zero-order valence-electron chi connectivity index (χ0n) is 17.0. The van der Waals surface area contributed by atoms with Gasteiger partial charge in [0.05, 0.1) is 19.2 Å². The highest BCUT2D eigenvalue weighted by Gasteiger charge is 2.15. The Bertz CT molecular complexity index is 1090. The third-order valence-electron chi connectivity index (χ3n) is 4.85. The molecule has 0 saturated heterocycles. The minimum atomic E-state index is -0.450. The second-order valence-corrected chi connectivity index (χ2v) is 6.75. The molecule has 5 nitrogen and oxygen atoms in total. The molecule has 0 spiro atoms. The summed E-state index contributed by atoms with van der Waals surface area (Å²) in [5.41, 5.74) is 2.75. The molecule has 0 N–H and O–H groups in total. The van der Waals surface area contributed by atoms with Crippen LogP contribution >= 0.6 is 0 Å². The molecular weight excluding hydrogens is 366 g/mol. The standard InChI is InChI=1S/C24H25NO4/c1-4-5-16-29-22(26)15-14-20-23(17-10-12-18(28-3)13-11-17)19-8-6-7-9-21(19)25(2)24(20)27/h6-15H,4-5,16H2,1-3H3/b15-14+. The first-order valence-electron chi connectivity index (χ1n) is 9.67. The molecule has 29 heavy (non-hydrogen) atoms. The van der Waals surface area contributed by atoms with Crippen LogP contribution in [0.3, 0.4) is 0 Å². The first-order valence-corrected chi connectivity index (χ1v) is 9.67. The van der Waals surface area contributed by atoms with Crippen LogP contribution in [0, 0.1) is 0 Å². The Labute approximate surface area is 170 Å². The van der Waals surface area contributed by atoms with E-state index in [2.05, 4.69) is 0 Å². The van der Waals surface area contributed by atoms with Crippen LogP contribution in [0.2, 0.25) is 0 Å². The topological polar surface area (TPSA) is 57.5 Å². The van der Waals surface area contributed by atoms with E-state index in [1.165, 1.54) is 6.08 Å². The molecule has 0 aliphatic carbocycles. The number of pyridine rings is 1. The van der Waals surface area contributed by atoms with Gasteiger partial charge in [0.15, 0.2) is 0 Å². The minimum absolute atomic E-state index is 0.174. The summed E-state index contributed by atoms with van der Waals surface area (Å²) in [6, 6.07) is 15.3. The smallest absolute Gasteiger partial charge is 0.330 e. The van der Waals surface area contributed by atoms with Crippen LogP contribution in [0.4, 0.5) is 0 Å². The van der Waals surface area contributed by atoms with Gasteiger partial charge in [0.1, 0.15) is 5.75 Å². The number of para-hydroxylation sites is 1. The molecule has 0 aliphatic rings. The van der Waals surface area contributed by atoms with Crippen molar-refractivity contribution in [1.29, 1.82) is 0 Å². The summed E-state index contributed by atoms with van der Waals surface area (Å²) in [4.78, 5) is 25.2. The van der Waals surface area contributed by atoms with Crippen molar-refractivity contribution in [3.05, 3.63) is 70.5 Å². The summed E-state index contributed by atoms with van der Waals surface area (Å²) in [7, 11) is 3.35. The molecule has 0 amide bonds. The van der Waals surface area contributed by atoms with Gasteiger partial charge in [-0.1, -0.05) is 43.7 Å². The van der Waals surface area contributed by atoms with E-state index in [0.29, 0.717) is 12.2 Å². The maximum atomic E-state index is 13.1. The van der Waals surface area contributed by atoms with Crippen molar-refractivity contribution in [2.45, 2.75) is 19.8 Å². The fraction of sp³-hybridized carbons (Fsp3) is 0.250. The molecular formula is C24H25NO4. The van der Waals surface area contributed by atoms with Crippen molar-refractivity contribution in [1.82, 2.24) is 4.57 Å². The van der Waals surface area contributed by atoms with Gasteiger partial charge in [-0.2, -0.15) is 0 Å². The maximum absolute atomic E-state index is 13.1. The van der Waals surface area contributed by atoms with Crippen molar-refractivity contribution in [3.63, 3.8) is 0 Å². The molecule has 0 aliphatic heterocycles. The highest BCUT2D eigenvalue weighted by Crippen LogP contribution is 2.32. The zero-order chi connectivity index (χ0) is 20.8. The number of esters is 1. The van der Waals surface area contributed by atoms with E-state index in [9.17, 15) is 9.59 Å². The predicted octanol–water partition coefficient (Wildman–Crippen LogP) is 4.57. The lowest BCUT2D eigenvalue weighted by Crippen LogP contribution is -2.21. The van der Waals surface area contributed by atoms with E-state index in [-0.39, 0.29) is 5.56 Å². The number of aryl methyl sites for hydroxylation is 1. The summed E-state index contributed by atoms with van der Waals surface area (Å²) in [6.45, 7) is 2.41. The zero-order valence-corrected chi connectivity index (χ0v) is 17.0. The number of hydrogen-bond acceptors (Lipinski definition) is 4. The SMILES string of the molecule is CCCCOC(=O)/C=C/c1c(-c2ccc(OC)cc2)c2ccccc2n(C)c1=O. The molecule has 0 radical (unpaired) electrons. The van der Waals surface area contributed by atoms with Gasteiger partial charge in [-0.05, 0) is 36.3 Å². The summed E-state index contributed by atoms with van der Waals surface area (Å²) in [5, 5.41) is 0.929. The first-order chi connectivity index (χ1) is 14.1. The second kappa shape index (κ2) is 9.24. The molecule has 1 aromatic heterocycles. The van der Waals surface area contributed by atoms with Crippen molar-refractivity contribution in [2.24, 2.45) is 7.05 Å². The molecule has 0 atom stereocenters. The molecule has 0 unspecified atom stereocenters. The van der Waals surface area contributed by atoms with Crippen LogP contribution in [0.1, 0.15) is 25.3 Å². The van der Waals surface area contributed by atoms with Crippen LogP contribution < -0.4 is 10.3 Å². The van der Waals surface area contributed by atoms with Crippen molar-refractivity contribution in [3.8, 4) is 16.9 Å². The number of nitrogens with zero attached hydrogens (tertiary/aromatic N) is 1. The molecule has 0 saturated carbocycles. The predicted molar refractivity (Wildman–Crippen MR) is 116 cm³/mol. The van der Waals surface area contributed by atoms with Crippen LogP contribution in [-0.2, 0) is 16.6 Å². The average Bonchev–Trinajstić information content (AvgIpc) is 2.75. The van der Waals surface area contributed by atoms with Gasteiger partial charge in [-0.15, -0.1) is 0 Å². The molecule has 0 bridgehead atoms. The van der Waals surface area contributed by atoms with E-state index >= 15 is 0 Å². The van der Waals surface area contributed by atoms with Crippen molar-refractivity contribution >= 4 is 22.9 Å². The van der Waals surface area contributed by atoms with E-state index in [4.69, 9.17) is 9.47 Å². The van der Waals surface area contributed by atoms with Crippen LogP contribution in [0.25, 0.3) is 28.1 Å². The van der Waals surface area contributed by atoms with Gasteiger partial charge < -0.3 is 14.0 Å². The number of carbonyl (C=O) groups excluding carboxylic acids is 1. The molecule has 5 heteroatoms. The Morgan fingerprint density at radius 3 is 2.52 bits per heavy atom. The first kappa shape index (κ1) is 20.4. The molecule has 1 heterocycles. The highest BCUT2D eigenvalue weighted by molar-refractivity contribution is 6.00. The van der Waals surface area contributed by atoms with E-state index in [1.54, 1.807) is 24.8 Å². The number of hydrogen-bond donors (Lipinski definition) is 0. The highest BCUT2D eigenvalue weighted by atomic mass is 16.5. The lowest BCUT2D eigenvalue weighted by Gasteiger charge is -2.14. The number of fused-ring (bicyclic) bond motifs is 1. The number of unbranched alkanes of at least 4 members (excludes halogenated alkanes) is 1. The largest absolute Gasteiger partial charge is 0.497 e. The second-order valence-electron chi connectivity index (χ2n) is 6.75. The molecule has 0 fully saturated rings. The summed E-state index contributed by atoms with van der Waals surface area (Å²) in [6.07, 6.45) is 4.65. The van der Waals surface area contributed by atoms with Crippen LogP contribution in [0.5, 0.6) is 5.75 Å². The van der Waals surface area contributed by atoms with Gasteiger partial charge in [0.2, 0.25) is 0 Å². The van der Waals surface area contributed by atoms with Crippen LogP contribution in [0.15, 0.2) is 59.4 Å². The number of carbonyl (C=O) groups is 1. The van der Waals surface area contributed by atoms with Gasteiger partial charge in [0, 0.05) is 29.6 Å².